The Balaban J connectivity index is 2.39. The molecule has 1 rings (SSSR count). The van der Waals surface area contributed by atoms with Crippen LogP contribution in [0.25, 0.3) is 0 Å². The summed E-state index contributed by atoms with van der Waals surface area (Å²) < 4.78 is 4.80. The molecule has 19 heavy (non-hydrogen) atoms. The van der Waals surface area contributed by atoms with E-state index >= 15 is 0 Å². The molecule has 0 aromatic carbocycles. The number of rotatable bonds is 6. The monoisotopic (exact) mass is 272 g/mol. The van der Waals surface area contributed by atoms with Gasteiger partial charge < -0.3 is 19.6 Å². The van der Waals surface area contributed by atoms with Gasteiger partial charge in [0.05, 0.1) is 13.0 Å². The maximum Gasteiger partial charge on any atom is 0.325 e. The Kier molecular flexibility index (Phi) is 5.59. The summed E-state index contributed by atoms with van der Waals surface area (Å²) in [5.74, 6) is -1.26. The first-order chi connectivity index (χ1) is 8.97. The largest absolute Gasteiger partial charge is 0.481 e. The van der Waals surface area contributed by atoms with Crippen LogP contribution in [0.5, 0.6) is 0 Å². The smallest absolute Gasteiger partial charge is 0.325 e. The number of carboxylic acids is 1. The molecule has 0 atom stereocenters. The van der Waals surface area contributed by atoms with Crippen LogP contribution in [-0.2, 0) is 14.3 Å². The van der Waals surface area contributed by atoms with Crippen molar-refractivity contribution in [1.29, 1.82) is 0 Å². The molecular formula is C12H20N2O5. The van der Waals surface area contributed by atoms with Crippen LogP contribution in [0.2, 0.25) is 0 Å². The first-order valence-electron chi connectivity index (χ1n) is 6.39. The van der Waals surface area contributed by atoms with E-state index in [4.69, 9.17) is 9.84 Å². The van der Waals surface area contributed by atoms with Crippen LogP contribution in [0.15, 0.2) is 0 Å². The van der Waals surface area contributed by atoms with Crippen LogP contribution >= 0.6 is 0 Å². The van der Waals surface area contributed by atoms with Gasteiger partial charge in [0.15, 0.2) is 0 Å². The zero-order valence-corrected chi connectivity index (χ0v) is 11.3. The molecule has 0 aromatic rings. The first-order valence-corrected chi connectivity index (χ1v) is 6.39. The molecule has 1 saturated heterocycles. The van der Waals surface area contributed by atoms with Gasteiger partial charge in [-0.2, -0.15) is 0 Å². The molecule has 1 aliphatic heterocycles. The number of likely N-dealkylation sites (N-methyl/N-ethyl adjacent to an activating group) is 1. The van der Waals surface area contributed by atoms with E-state index in [1.54, 1.807) is 18.7 Å². The van der Waals surface area contributed by atoms with E-state index in [1.807, 2.05) is 0 Å². The number of amides is 2. The second kappa shape index (κ2) is 6.96. The Morgan fingerprint density at radius 1 is 1.32 bits per heavy atom. The Morgan fingerprint density at radius 3 is 2.42 bits per heavy atom. The summed E-state index contributed by atoms with van der Waals surface area (Å²) in [6.07, 6.45) is 0.0772. The first kappa shape index (κ1) is 15.3. The second-order valence-electron chi connectivity index (χ2n) is 4.47. The van der Waals surface area contributed by atoms with Crippen LogP contribution in [0.3, 0.4) is 0 Å². The summed E-state index contributed by atoms with van der Waals surface area (Å²) in [4.78, 5) is 36.8. The number of hydrogen-bond donors (Lipinski definition) is 1. The van der Waals surface area contributed by atoms with Crippen LogP contribution in [-0.4, -0.2) is 65.7 Å². The molecular weight excluding hydrogens is 252 g/mol. The Hall–Kier alpha value is -1.79. The van der Waals surface area contributed by atoms with Crippen LogP contribution < -0.4 is 0 Å². The topological polar surface area (TPSA) is 87.2 Å². The van der Waals surface area contributed by atoms with E-state index in [0.717, 1.165) is 0 Å². The van der Waals surface area contributed by atoms with E-state index in [-0.39, 0.29) is 31.5 Å². The van der Waals surface area contributed by atoms with Gasteiger partial charge in [0, 0.05) is 25.6 Å². The molecule has 0 aliphatic carbocycles. The summed E-state index contributed by atoms with van der Waals surface area (Å²) in [5, 5.41) is 8.63. The van der Waals surface area contributed by atoms with E-state index in [1.165, 1.54) is 4.90 Å². The lowest BCUT2D eigenvalue weighted by Crippen LogP contribution is -2.56. The van der Waals surface area contributed by atoms with E-state index in [0.29, 0.717) is 19.6 Å². The van der Waals surface area contributed by atoms with Crippen molar-refractivity contribution in [1.82, 2.24) is 9.80 Å². The summed E-state index contributed by atoms with van der Waals surface area (Å²) in [5.41, 5.74) is 0. The lowest BCUT2D eigenvalue weighted by atomic mass is 9.97. The minimum atomic E-state index is -0.851. The molecule has 1 N–H and O–H groups in total. The van der Waals surface area contributed by atoms with Gasteiger partial charge in [-0.15, -0.1) is 0 Å². The molecule has 7 nitrogen and oxygen atoms in total. The summed E-state index contributed by atoms with van der Waals surface area (Å²) in [6.45, 7) is 5.00. The normalized spacial score (nSPS) is 14.7. The fourth-order valence-electron chi connectivity index (χ4n) is 1.98. The zero-order valence-electron chi connectivity index (χ0n) is 11.3. The molecule has 0 spiro atoms. The maximum atomic E-state index is 12.0. The fourth-order valence-corrected chi connectivity index (χ4v) is 1.98. The van der Waals surface area contributed by atoms with E-state index in [9.17, 15) is 14.4 Å². The van der Waals surface area contributed by atoms with Crippen LogP contribution in [0, 0.1) is 5.92 Å². The van der Waals surface area contributed by atoms with Crippen LogP contribution in [0.4, 0.5) is 4.79 Å². The minimum absolute atomic E-state index is 0.0164. The van der Waals surface area contributed by atoms with Crippen molar-refractivity contribution in [3.63, 3.8) is 0 Å². The number of aliphatic carboxylic acids is 1. The van der Waals surface area contributed by atoms with Crippen molar-refractivity contribution in [3.05, 3.63) is 0 Å². The van der Waals surface area contributed by atoms with Gasteiger partial charge in [-0.1, -0.05) is 0 Å². The van der Waals surface area contributed by atoms with Crippen molar-refractivity contribution >= 4 is 18.0 Å². The third-order valence-electron chi connectivity index (χ3n) is 2.97. The molecule has 0 saturated carbocycles. The number of carbonyl (C=O) groups excluding carboxylic acids is 2. The van der Waals surface area contributed by atoms with E-state index in [2.05, 4.69) is 0 Å². The zero-order chi connectivity index (χ0) is 14.4. The van der Waals surface area contributed by atoms with Gasteiger partial charge in [0.2, 0.25) is 0 Å². The predicted octanol–water partition coefficient (Wildman–Crippen LogP) is 0.398. The quantitative estimate of drug-likeness (QED) is 0.707. The number of urea groups is 1. The molecule has 2 amide bonds. The highest BCUT2D eigenvalue weighted by Gasteiger charge is 2.34. The van der Waals surface area contributed by atoms with Crippen molar-refractivity contribution in [3.8, 4) is 0 Å². The summed E-state index contributed by atoms with van der Waals surface area (Å²) in [6, 6.07) is -0.239. The third-order valence-corrected chi connectivity index (χ3v) is 2.97. The number of hydrogen-bond acceptors (Lipinski definition) is 4. The lowest BCUT2D eigenvalue weighted by molar-refractivity contribution is -0.143. The second-order valence-corrected chi connectivity index (χ2v) is 4.47. The number of nitrogens with zero attached hydrogens (tertiary/aromatic N) is 2. The summed E-state index contributed by atoms with van der Waals surface area (Å²) in [7, 11) is 0. The van der Waals surface area contributed by atoms with Crippen molar-refractivity contribution in [2.24, 2.45) is 5.92 Å². The Labute approximate surface area is 112 Å². The van der Waals surface area contributed by atoms with Gasteiger partial charge in [-0.05, 0) is 13.8 Å². The van der Waals surface area contributed by atoms with Crippen LogP contribution in [0.1, 0.15) is 20.3 Å². The number of likely N-dealkylation sites (tertiary alicyclic amines) is 1. The molecule has 0 radical (unpaired) electrons. The molecule has 108 valence electrons. The van der Waals surface area contributed by atoms with Crippen molar-refractivity contribution in [2.45, 2.75) is 20.3 Å². The number of carboxylic acid groups (broad SMARTS) is 1. The van der Waals surface area contributed by atoms with Crippen molar-refractivity contribution < 1.29 is 24.2 Å². The fraction of sp³-hybridized carbons (Fsp3) is 0.750. The predicted molar refractivity (Wildman–Crippen MR) is 66.6 cm³/mol. The molecule has 1 fully saturated rings. The molecule has 1 heterocycles. The molecule has 0 bridgehead atoms. The third kappa shape index (κ3) is 4.42. The SMILES string of the molecule is CCOC(=O)CN(CC)C(=O)N1CC(CC(=O)O)C1. The van der Waals surface area contributed by atoms with E-state index < -0.39 is 11.9 Å². The molecule has 7 heteroatoms. The molecule has 0 unspecified atom stereocenters. The minimum Gasteiger partial charge on any atom is -0.481 e. The Morgan fingerprint density at radius 2 is 1.95 bits per heavy atom. The number of ether oxygens (including phenoxy) is 1. The average Bonchev–Trinajstić information content (AvgIpc) is 2.29. The standard InChI is InChI=1S/C12H20N2O5/c1-3-13(8-11(17)19-4-2)12(18)14-6-9(7-14)5-10(15)16/h9H,3-8H2,1-2H3,(H,15,16). The van der Waals surface area contributed by atoms with Gasteiger partial charge in [0.25, 0.3) is 0 Å². The molecule has 1 aliphatic rings. The maximum absolute atomic E-state index is 12.0. The molecule has 0 aromatic heterocycles. The Bertz CT molecular complexity index is 352. The average molecular weight is 272 g/mol. The highest BCUT2D eigenvalue weighted by atomic mass is 16.5. The summed E-state index contributed by atoms with van der Waals surface area (Å²) >= 11 is 0. The van der Waals surface area contributed by atoms with Gasteiger partial charge in [-0.25, -0.2) is 4.79 Å². The highest BCUT2D eigenvalue weighted by Crippen LogP contribution is 2.20. The van der Waals surface area contributed by atoms with Gasteiger partial charge in [0.1, 0.15) is 6.54 Å². The number of carbonyl (C=O) groups is 3. The number of esters is 1. The highest BCUT2D eigenvalue weighted by molar-refractivity contribution is 5.81. The van der Waals surface area contributed by atoms with Crippen molar-refractivity contribution in [2.75, 3.05) is 32.8 Å². The van der Waals surface area contributed by atoms with Gasteiger partial charge >= 0.3 is 18.0 Å². The lowest BCUT2D eigenvalue weighted by Gasteiger charge is -2.41. The van der Waals surface area contributed by atoms with Gasteiger partial charge in [-0.3, -0.25) is 9.59 Å².